The number of hydrogen-bond acceptors (Lipinski definition) is 7. The maximum absolute atomic E-state index is 12.9. The quantitative estimate of drug-likeness (QED) is 0.768. The fourth-order valence-corrected chi connectivity index (χ4v) is 3.63. The zero-order chi connectivity index (χ0) is 17.9. The molecular weight excluding hydrogens is 332 g/mol. The lowest BCUT2D eigenvalue weighted by Crippen LogP contribution is -2.51. The van der Waals surface area contributed by atoms with Crippen molar-refractivity contribution in [1.29, 1.82) is 0 Å². The molecule has 4 rings (SSSR count). The largest absolute Gasteiger partial charge is 0.356 e. The molecule has 2 aliphatic rings. The average molecular weight is 356 g/mol. The van der Waals surface area contributed by atoms with Crippen LogP contribution in [-0.2, 0) is 4.79 Å². The molecule has 4 heterocycles. The zero-order valence-corrected chi connectivity index (χ0v) is 15.0. The van der Waals surface area contributed by atoms with Gasteiger partial charge in [-0.2, -0.15) is 5.10 Å². The average Bonchev–Trinajstić information content (AvgIpc) is 3.23. The van der Waals surface area contributed by atoms with E-state index in [2.05, 4.69) is 36.9 Å². The second-order valence-electron chi connectivity index (χ2n) is 6.99. The SMILES string of the molecule is CN1CCN(C(=O)C2CCCN(c3cc(-n4cncn4)ncn3)C2)CC1. The standard InChI is InChI=1S/C17H24N8O/c1-22-5-7-23(8-6-22)17(26)14-3-2-4-24(10-14)15-9-16(20-12-19-15)25-13-18-11-21-25/h9,11-14H,2-8,10H2,1H3. The third-order valence-corrected chi connectivity index (χ3v) is 5.20. The van der Waals surface area contributed by atoms with Gasteiger partial charge in [-0.05, 0) is 19.9 Å². The molecule has 1 amide bonds. The molecule has 138 valence electrons. The molecule has 0 aromatic carbocycles. The van der Waals surface area contributed by atoms with Gasteiger partial charge in [-0.25, -0.2) is 19.6 Å². The predicted octanol–water partition coefficient (Wildman–Crippen LogP) is 0.0477. The number of piperazine rings is 1. The van der Waals surface area contributed by atoms with E-state index in [9.17, 15) is 4.79 Å². The van der Waals surface area contributed by atoms with E-state index in [0.717, 1.165) is 51.4 Å². The summed E-state index contributed by atoms with van der Waals surface area (Å²) in [6.45, 7) is 5.18. The second-order valence-corrected chi connectivity index (χ2v) is 6.99. The van der Waals surface area contributed by atoms with E-state index in [-0.39, 0.29) is 11.8 Å². The Morgan fingerprint density at radius 2 is 1.88 bits per heavy atom. The van der Waals surface area contributed by atoms with Crippen molar-refractivity contribution in [3.05, 3.63) is 25.0 Å². The van der Waals surface area contributed by atoms with Crippen molar-refractivity contribution in [3.8, 4) is 5.82 Å². The van der Waals surface area contributed by atoms with Crippen molar-refractivity contribution >= 4 is 11.7 Å². The fourth-order valence-electron chi connectivity index (χ4n) is 3.63. The summed E-state index contributed by atoms with van der Waals surface area (Å²) < 4.78 is 1.61. The summed E-state index contributed by atoms with van der Waals surface area (Å²) in [5.41, 5.74) is 0. The van der Waals surface area contributed by atoms with Crippen LogP contribution in [0.4, 0.5) is 5.82 Å². The van der Waals surface area contributed by atoms with Gasteiger partial charge in [0.1, 0.15) is 24.8 Å². The van der Waals surface area contributed by atoms with Crippen LogP contribution >= 0.6 is 0 Å². The van der Waals surface area contributed by atoms with Gasteiger partial charge < -0.3 is 14.7 Å². The normalized spacial score (nSPS) is 21.8. The van der Waals surface area contributed by atoms with Crippen LogP contribution in [0.1, 0.15) is 12.8 Å². The van der Waals surface area contributed by atoms with Crippen molar-refractivity contribution in [1.82, 2.24) is 34.5 Å². The Kier molecular flexibility index (Phi) is 4.79. The van der Waals surface area contributed by atoms with E-state index in [1.165, 1.54) is 12.7 Å². The second kappa shape index (κ2) is 7.36. The van der Waals surface area contributed by atoms with Crippen LogP contribution in [0.3, 0.4) is 0 Å². The predicted molar refractivity (Wildman–Crippen MR) is 96.0 cm³/mol. The van der Waals surface area contributed by atoms with Crippen molar-refractivity contribution in [3.63, 3.8) is 0 Å². The molecule has 1 atom stereocenters. The third-order valence-electron chi connectivity index (χ3n) is 5.20. The van der Waals surface area contributed by atoms with Crippen LogP contribution in [0.15, 0.2) is 25.0 Å². The topological polar surface area (TPSA) is 83.3 Å². The van der Waals surface area contributed by atoms with Crippen molar-refractivity contribution in [2.75, 3.05) is 51.2 Å². The fraction of sp³-hybridized carbons (Fsp3) is 0.588. The minimum Gasteiger partial charge on any atom is -0.356 e. The molecule has 9 nitrogen and oxygen atoms in total. The molecule has 2 fully saturated rings. The number of rotatable bonds is 3. The highest BCUT2D eigenvalue weighted by Crippen LogP contribution is 2.24. The highest BCUT2D eigenvalue weighted by atomic mass is 16.2. The molecule has 0 saturated carbocycles. The lowest BCUT2D eigenvalue weighted by Gasteiger charge is -2.38. The number of piperidine rings is 1. The Bertz CT molecular complexity index is 741. The smallest absolute Gasteiger partial charge is 0.227 e. The summed E-state index contributed by atoms with van der Waals surface area (Å²) in [6.07, 6.45) is 6.57. The van der Waals surface area contributed by atoms with E-state index in [4.69, 9.17) is 0 Å². The van der Waals surface area contributed by atoms with Gasteiger partial charge >= 0.3 is 0 Å². The Morgan fingerprint density at radius 1 is 1.08 bits per heavy atom. The third kappa shape index (κ3) is 3.52. The summed E-state index contributed by atoms with van der Waals surface area (Å²) in [6, 6.07) is 1.90. The molecule has 2 saturated heterocycles. The molecule has 0 N–H and O–H groups in total. The van der Waals surface area contributed by atoms with E-state index in [1.807, 2.05) is 11.0 Å². The molecule has 0 spiro atoms. The van der Waals surface area contributed by atoms with Gasteiger partial charge in [-0.1, -0.05) is 0 Å². The van der Waals surface area contributed by atoms with Gasteiger partial charge in [0.2, 0.25) is 5.91 Å². The van der Waals surface area contributed by atoms with Gasteiger partial charge in [0.15, 0.2) is 5.82 Å². The summed E-state index contributed by atoms with van der Waals surface area (Å²) in [5.74, 6) is 1.84. The molecule has 2 aliphatic heterocycles. The molecule has 1 unspecified atom stereocenters. The Morgan fingerprint density at radius 3 is 2.65 bits per heavy atom. The van der Waals surface area contributed by atoms with E-state index < -0.39 is 0 Å². The van der Waals surface area contributed by atoms with Crippen molar-refractivity contribution < 1.29 is 4.79 Å². The van der Waals surface area contributed by atoms with Crippen LogP contribution in [0.25, 0.3) is 5.82 Å². The van der Waals surface area contributed by atoms with Gasteiger partial charge in [-0.3, -0.25) is 4.79 Å². The number of carbonyl (C=O) groups excluding carboxylic acids is 1. The Hall–Kier alpha value is -2.55. The Labute approximate surface area is 152 Å². The van der Waals surface area contributed by atoms with E-state index in [1.54, 1.807) is 11.0 Å². The highest BCUT2D eigenvalue weighted by Gasteiger charge is 2.31. The maximum Gasteiger partial charge on any atom is 0.227 e. The minimum absolute atomic E-state index is 0.0388. The molecule has 0 bridgehead atoms. The maximum atomic E-state index is 12.9. The van der Waals surface area contributed by atoms with E-state index in [0.29, 0.717) is 12.4 Å². The Balaban J connectivity index is 1.45. The number of carbonyl (C=O) groups is 1. The number of amides is 1. The van der Waals surface area contributed by atoms with Gasteiger partial charge in [0.05, 0.1) is 5.92 Å². The first-order valence-electron chi connectivity index (χ1n) is 9.10. The number of hydrogen-bond donors (Lipinski definition) is 0. The van der Waals surface area contributed by atoms with Gasteiger partial charge in [0.25, 0.3) is 0 Å². The first kappa shape index (κ1) is 16.9. The molecule has 0 aliphatic carbocycles. The van der Waals surface area contributed by atoms with Crippen LogP contribution < -0.4 is 4.90 Å². The molecule has 2 aromatic heterocycles. The number of nitrogens with zero attached hydrogens (tertiary/aromatic N) is 8. The molecule has 0 radical (unpaired) electrons. The number of likely N-dealkylation sites (N-methyl/N-ethyl adjacent to an activating group) is 1. The molecule has 9 heteroatoms. The van der Waals surface area contributed by atoms with Crippen molar-refractivity contribution in [2.45, 2.75) is 12.8 Å². The molecular formula is C17H24N8O. The monoisotopic (exact) mass is 356 g/mol. The zero-order valence-electron chi connectivity index (χ0n) is 15.0. The highest BCUT2D eigenvalue weighted by molar-refractivity contribution is 5.80. The summed E-state index contributed by atoms with van der Waals surface area (Å²) in [7, 11) is 2.10. The van der Waals surface area contributed by atoms with Gasteiger partial charge in [0, 0.05) is 45.3 Å². The number of aromatic nitrogens is 5. The molecule has 26 heavy (non-hydrogen) atoms. The first-order valence-corrected chi connectivity index (χ1v) is 9.10. The summed E-state index contributed by atoms with van der Waals surface area (Å²) in [4.78, 5) is 32.0. The molecule has 2 aromatic rings. The van der Waals surface area contributed by atoms with E-state index >= 15 is 0 Å². The minimum atomic E-state index is 0.0388. The van der Waals surface area contributed by atoms with Crippen LogP contribution in [0, 0.1) is 5.92 Å². The van der Waals surface area contributed by atoms with Crippen LogP contribution in [0.5, 0.6) is 0 Å². The van der Waals surface area contributed by atoms with Crippen LogP contribution in [0.2, 0.25) is 0 Å². The lowest BCUT2D eigenvalue weighted by atomic mass is 9.96. The van der Waals surface area contributed by atoms with Crippen LogP contribution in [-0.4, -0.2) is 86.8 Å². The summed E-state index contributed by atoms with van der Waals surface area (Å²) in [5, 5.41) is 4.12. The van der Waals surface area contributed by atoms with Crippen molar-refractivity contribution in [2.24, 2.45) is 5.92 Å². The number of anilines is 1. The first-order chi connectivity index (χ1) is 12.7. The summed E-state index contributed by atoms with van der Waals surface area (Å²) >= 11 is 0. The van der Waals surface area contributed by atoms with Gasteiger partial charge in [-0.15, -0.1) is 0 Å². The lowest BCUT2D eigenvalue weighted by molar-refractivity contribution is -0.137.